The highest BCUT2D eigenvalue weighted by Crippen LogP contribution is 2.36. The molecule has 80 valence electrons. The van der Waals surface area contributed by atoms with Crippen LogP contribution in [-0.2, 0) is 4.74 Å². The third-order valence-corrected chi connectivity index (χ3v) is 3.20. The lowest BCUT2D eigenvalue weighted by atomic mass is 9.80. The quantitative estimate of drug-likeness (QED) is 0.667. The Morgan fingerprint density at radius 3 is 2.60 bits per heavy atom. The van der Waals surface area contributed by atoms with Crippen LogP contribution in [0.1, 0.15) is 30.7 Å². The molecule has 15 heavy (non-hydrogen) atoms. The summed E-state index contributed by atoms with van der Waals surface area (Å²) < 4.78 is 5.45. The fraction of sp³-hybridized carbons (Fsp3) is 0.429. The van der Waals surface area contributed by atoms with Crippen molar-refractivity contribution in [1.29, 1.82) is 0 Å². The van der Waals surface area contributed by atoms with E-state index < -0.39 is 0 Å². The van der Waals surface area contributed by atoms with Crippen molar-refractivity contribution in [2.45, 2.75) is 31.3 Å². The van der Waals surface area contributed by atoms with Crippen molar-refractivity contribution in [2.75, 3.05) is 7.11 Å². The summed E-state index contributed by atoms with van der Waals surface area (Å²) in [6, 6.07) is 10.7. The fourth-order valence-corrected chi connectivity index (χ4v) is 2.40. The predicted molar refractivity (Wildman–Crippen MR) is 63.0 cm³/mol. The van der Waals surface area contributed by atoms with E-state index in [1.807, 2.05) is 0 Å². The molecular formula is C14H18O. The first kappa shape index (κ1) is 10.4. The lowest BCUT2D eigenvalue weighted by molar-refractivity contribution is 0.0785. The minimum absolute atomic E-state index is 0.358. The second-order valence-electron chi connectivity index (χ2n) is 4.36. The minimum atomic E-state index is 0.358. The van der Waals surface area contributed by atoms with E-state index in [9.17, 15) is 0 Å². The van der Waals surface area contributed by atoms with Crippen molar-refractivity contribution in [2.24, 2.45) is 0 Å². The first-order valence-electron chi connectivity index (χ1n) is 5.54. The molecule has 2 unspecified atom stereocenters. The highest BCUT2D eigenvalue weighted by atomic mass is 16.5. The van der Waals surface area contributed by atoms with Gasteiger partial charge in [0, 0.05) is 7.11 Å². The first-order valence-corrected chi connectivity index (χ1v) is 5.54. The minimum Gasteiger partial charge on any atom is -0.381 e. The second kappa shape index (κ2) is 4.63. The van der Waals surface area contributed by atoms with E-state index in [-0.39, 0.29) is 0 Å². The van der Waals surface area contributed by atoms with E-state index in [1.54, 1.807) is 7.11 Å². The van der Waals surface area contributed by atoms with Crippen molar-refractivity contribution in [1.82, 2.24) is 0 Å². The molecule has 1 aromatic carbocycles. The normalized spacial score (nSPS) is 26.6. The fourth-order valence-electron chi connectivity index (χ4n) is 2.40. The van der Waals surface area contributed by atoms with Crippen LogP contribution in [0.2, 0.25) is 0 Å². The molecule has 0 radical (unpaired) electrons. The smallest absolute Gasteiger partial charge is 0.0614 e. The molecule has 0 bridgehead atoms. The average Bonchev–Trinajstić information content (AvgIpc) is 2.29. The van der Waals surface area contributed by atoms with Gasteiger partial charge in [-0.15, -0.1) is 0 Å². The summed E-state index contributed by atoms with van der Waals surface area (Å²) in [6.45, 7) is 4.11. The highest BCUT2D eigenvalue weighted by Gasteiger charge is 2.24. The number of hydrogen-bond acceptors (Lipinski definition) is 1. The van der Waals surface area contributed by atoms with Crippen LogP contribution in [0.4, 0.5) is 0 Å². The Morgan fingerprint density at radius 1 is 1.20 bits per heavy atom. The molecule has 0 heterocycles. The van der Waals surface area contributed by atoms with Crippen LogP contribution in [0.5, 0.6) is 0 Å². The number of rotatable bonds is 2. The van der Waals surface area contributed by atoms with Gasteiger partial charge in [0.2, 0.25) is 0 Å². The van der Waals surface area contributed by atoms with Crippen LogP contribution in [0.15, 0.2) is 42.5 Å². The molecule has 0 amide bonds. The SMILES string of the molecule is C=C1CC(OC)CC(c2ccccc2)C1. The number of hydrogen-bond donors (Lipinski definition) is 0. The zero-order valence-corrected chi connectivity index (χ0v) is 9.28. The van der Waals surface area contributed by atoms with Crippen LogP contribution < -0.4 is 0 Å². The maximum atomic E-state index is 5.45. The van der Waals surface area contributed by atoms with Gasteiger partial charge in [0.05, 0.1) is 6.10 Å². The second-order valence-corrected chi connectivity index (χ2v) is 4.36. The van der Waals surface area contributed by atoms with Crippen molar-refractivity contribution in [3.63, 3.8) is 0 Å². The molecule has 1 nitrogen and oxygen atoms in total. The largest absolute Gasteiger partial charge is 0.381 e. The Morgan fingerprint density at radius 2 is 1.93 bits per heavy atom. The van der Waals surface area contributed by atoms with Gasteiger partial charge in [-0.2, -0.15) is 0 Å². The van der Waals surface area contributed by atoms with Crippen LogP contribution in [0, 0.1) is 0 Å². The molecule has 0 saturated heterocycles. The third kappa shape index (κ3) is 2.48. The van der Waals surface area contributed by atoms with Gasteiger partial charge in [-0.1, -0.05) is 42.5 Å². The monoisotopic (exact) mass is 202 g/mol. The zero-order valence-electron chi connectivity index (χ0n) is 9.28. The number of ether oxygens (including phenoxy) is 1. The summed E-state index contributed by atoms with van der Waals surface area (Å²) in [6.07, 6.45) is 3.62. The Bertz CT molecular complexity index is 328. The van der Waals surface area contributed by atoms with E-state index in [4.69, 9.17) is 4.74 Å². The van der Waals surface area contributed by atoms with Gasteiger partial charge in [0.15, 0.2) is 0 Å². The summed E-state index contributed by atoms with van der Waals surface area (Å²) in [4.78, 5) is 0. The molecule has 1 aliphatic carbocycles. The molecule has 2 rings (SSSR count). The molecule has 1 heteroatoms. The van der Waals surface area contributed by atoms with Crippen LogP contribution in [0.3, 0.4) is 0 Å². The Kier molecular flexibility index (Phi) is 3.22. The molecule has 0 spiro atoms. The van der Waals surface area contributed by atoms with Crippen LogP contribution in [0.25, 0.3) is 0 Å². The Hall–Kier alpha value is -1.08. The molecule has 0 aliphatic heterocycles. The van der Waals surface area contributed by atoms with Gasteiger partial charge in [-0.05, 0) is 30.7 Å². The van der Waals surface area contributed by atoms with E-state index in [0.29, 0.717) is 12.0 Å². The van der Waals surface area contributed by atoms with Gasteiger partial charge < -0.3 is 4.74 Å². The van der Waals surface area contributed by atoms with E-state index in [2.05, 4.69) is 36.9 Å². The summed E-state index contributed by atoms with van der Waals surface area (Å²) in [5, 5.41) is 0. The summed E-state index contributed by atoms with van der Waals surface area (Å²) in [5.41, 5.74) is 2.74. The first-order chi connectivity index (χ1) is 7.29. The maximum absolute atomic E-state index is 5.45. The molecule has 1 aliphatic rings. The molecule has 0 N–H and O–H groups in total. The third-order valence-electron chi connectivity index (χ3n) is 3.20. The van der Waals surface area contributed by atoms with E-state index >= 15 is 0 Å². The Balaban J connectivity index is 2.12. The van der Waals surface area contributed by atoms with Crippen molar-refractivity contribution in [3.05, 3.63) is 48.0 Å². The van der Waals surface area contributed by atoms with Crippen molar-refractivity contribution >= 4 is 0 Å². The topological polar surface area (TPSA) is 9.23 Å². The molecule has 1 aromatic rings. The molecule has 1 saturated carbocycles. The van der Waals surface area contributed by atoms with Crippen molar-refractivity contribution < 1.29 is 4.74 Å². The summed E-state index contributed by atoms with van der Waals surface area (Å²) in [5.74, 6) is 0.595. The molecule has 1 fully saturated rings. The molecule has 0 aromatic heterocycles. The zero-order chi connectivity index (χ0) is 10.7. The predicted octanol–water partition coefficient (Wildman–Crippen LogP) is 3.53. The molecule has 2 atom stereocenters. The van der Waals surface area contributed by atoms with Crippen LogP contribution in [-0.4, -0.2) is 13.2 Å². The van der Waals surface area contributed by atoms with Gasteiger partial charge in [-0.3, -0.25) is 0 Å². The lowest BCUT2D eigenvalue weighted by Gasteiger charge is -2.30. The highest BCUT2D eigenvalue weighted by molar-refractivity contribution is 5.23. The van der Waals surface area contributed by atoms with E-state index in [1.165, 1.54) is 11.1 Å². The van der Waals surface area contributed by atoms with E-state index in [0.717, 1.165) is 19.3 Å². The standard InChI is InChI=1S/C14H18O/c1-11-8-13(10-14(9-11)15-2)12-6-4-3-5-7-12/h3-7,13-14H,1,8-10H2,2H3. The molecular weight excluding hydrogens is 184 g/mol. The number of methoxy groups -OCH3 is 1. The van der Waals surface area contributed by atoms with Crippen LogP contribution >= 0.6 is 0 Å². The van der Waals surface area contributed by atoms with Gasteiger partial charge in [-0.25, -0.2) is 0 Å². The van der Waals surface area contributed by atoms with Gasteiger partial charge in [0.25, 0.3) is 0 Å². The van der Waals surface area contributed by atoms with Gasteiger partial charge >= 0.3 is 0 Å². The van der Waals surface area contributed by atoms with Gasteiger partial charge in [0.1, 0.15) is 0 Å². The Labute approximate surface area is 91.8 Å². The lowest BCUT2D eigenvalue weighted by Crippen LogP contribution is -2.21. The number of benzene rings is 1. The maximum Gasteiger partial charge on any atom is 0.0614 e. The summed E-state index contributed by atoms with van der Waals surface area (Å²) in [7, 11) is 1.80. The summed E-state index contributed by atoms with van der Waals surface area (Å²) >= 11 is 0. The van der Waals surface area contributed by atoms with Crippen molar-refractivity contribution in [3.8, 4) is 0 Å². The average molecular weight is 202 g/mol.